The van der Waals surface area contributed by atoms with Crippen molar-refractivity contribution in [3.05, 3.63) is 0 Å². The standard InChI is InChI=1S/C16H32N2O/c1-14(2)11-18(15-5-3-4-6-15)13-16(12-17)7-9-19-10-8-16/h14-15H,3-13,17H2,1-2H3. The first-order chi connectivity index (χ1) is 9.15. The Morgan fingerprint density at radius 3 is 2.37 bits per heavy atom. The minimum atomic E-state index is 0.315. The third-order valence-corrected chi connectivity index (χ3v) is 4.97. The molecule has 2 aliphatic rings. The summed E-state index contributed by atoms with van der Waals surface area (Å²) in [6.07, 6.45) is 7.90. The number of ether oxygens (including phenoxy) is 1. The maximum atomic E-state index is 6.13. The molecule has 19 heavy (non-hydrogen) atoms. The van der Waals surface area contributed by atoms with Gasteiger partial charge in [-0.2, -0.15) is 0 Å². The molecule has 0 amide bonds. The maximum Gasteiger partial charge on any atom is 0.0472 e. The second kappa shape index (κ2) is 7.05. The summed E-state index contributed by atoms with van der Waals surface area (Å²) in [5.41, 5.74) is 6.45. The van der Waals surface area contributed by atoms with Crippen LogP contribution in [0, 0.1) is 11.3 Å². The molecule has 3 nitrogen and oxygen atoms in total. The summed E-state index contributed by atoms with van der Waals surface area (Å²) >= 11 is 0. The van der Waals surface area contributed by atoms with E-state index in [1.54, 1.807) is 0 Å². The fourth-order valence-corrected chi connectivity index (χ4v) is 3.74. The molecule has 0 radical (unpaired) electrons. The van der Waals surface area contributed by atoms with E-state index < -0.39 is 0 Å². The van der Waals surface area contributed by atoms with Crippen molar-refractivity contribution in [1.82, 2.24) is 4.90 Å². The van der Waals surface area contributed by atoms with Gasteiger partial charge in [0.1, 0.15) is 0 Å². The van der Waals surface area contributed by atoms with Crippen molar-refractivity contribution in [1.29, 1.82) is 0 Å². The Balaban J connectivity index is 2.00. The van der Waals surface area contributed by atoms with Crippen molar-refractivity contribution in [3.63, 3.8) is 0 Å². The van der Waals surface area contributed by atoms with Gasteiger partial charge in [0, 0.05) is 32.3 Å². The Morgan fingerprint density at radius 1 is 1.21 bits per heavy atom. The SMILES string of the molecule is CC(C)CN(CC1(CN)CCOCC1)C1CCCC1. The summed E-state index contributed by atoms with van der Waals surface area (Å²) < 4.78 is 5.54. The van der Waals surface area contributed by atoms with E-state index in [0.29, 0.717) is 5.41 Å². The van der Waals surface area contributed by atoms with Crippen molar-refractivity contribution >= 4 is 0 Å². The fourth-order valence-electron chi connectivity index (χ4n) is 3.74. The predicted molar refractivity (Wildman–Crippen MR) is 80.2 cm³/mol. The summed E-state index contributed by atoms with van der Waals surface area (Å²) in [5, 5.41) is 0. The molecule has 0 aromatic rings. The van der Waals surface area contributed by atoms with E-state index in [0.717, 1.165) is 44.6 Å². The highest BCUT2D eigenvalue weighted by Crippen LogP contribution is 2.33. The molecule has 3 heteroatoms. The van der Waals surface area contributed by atoms with E-state index >= 15 is 0 Å². The van der Waals surface area contributed by atoms with Crippen LogP contribution in [0.15, 0.2) is 0 Å². The first kappa shape index (κ1) is 15.3. The zero-order chi connectivity index (χ0) is 13.7. The molecule has 1 saturated heterocycles. The molecule has 1 saturated carbocycles. The summed E-state index contributed by atoms with van der Waals surface area (Å²) in [6.45, 7) is 9.71. The van der Waals surface area contributed by atoms with Crippen LogP contribution in [0.25, 0.3) is 0 Å². The largest absolute Gasteiger partial charge is 0.381 e. The third kappa shape index (κ3) is 4.17. The average Bonchev–Trinajstić information content (AvgIpc) is 2.92. The minimum Gasteiger partial charge on any atom is -0.381 e. The highest BCUT2D eigenvalue weighted by atomic mass is 16.5. The molecule has 1 aliphatic carbocycles. The Hall–Kier alpha value is -0.120. The highest BCUT2D eigenvalue weighted by molar-refractivity contribution is 4.89. The van der Waals surface area contributed by atoms with Gasteiger partial charge < -0.3 is 10.5 Å². The Labute approximate surface area is 118 Å². The second-order valence-corrected chi connectivity index (χ2v) is 7.08. The lowest BCUT2D eigenvalue weighted by Gasteiger charge is -2.43. The van der Waals surface area contributed by atoms with Crippen molar-refractivity contribution in [2.45, 2.75) is 58.4 Å². The summed E-state index contributed by atoms with van der Waals surface area (Å²) in [4.78, 5) is 2.76. The lowest BCUT2D eigenvalue weighted by molar-refractivity contribution is -0.00967. The Morgan fingerprint density at radius 2 is 1.84 bits per heavy atom. The van der Waals surface area contributed by atoms with Crippen LogP contribution in [-0.2, 0) is 4.74 Å². The molecule has 2 N–H and O–H groups in total. The number of rotatable bonds is 6. The molecule has 2 fully saturated rings. The fraction of sp³-hybridized carbons (Fsp3) is 1.00. The lowest BCUT2D eigenvalue weighted by atomic mass is 9.79. The van der Waals surface area contributed by atoms with E-state index in [4.69, 9.17) is 10.5 Å². The molecule has 0 aromatic carbocycles. The van der Waals surface area contributed by atoms with Crippen LogP contribution in [0.2, 0.25) is 0 Å². The minimum absolute atomic E-state index is 0.315. The van der Waals surface area contributed by atoms with E-state index in [-0.39, 0.29) is 0 Å². The normalized spacial score (nSPS) is 24.5. The molecule has 1 aliphatic heterocycles. The number of nitrogens with two attached hydrogens (primary N) is 1. The number of hydrogen-bond donors (Lipinski definition) is 1. The van der Waals surface area contributed by atoms with Gasteiger partial charge in [0.15, 0.2) is 0 Å². The maximum absolute atomic E-state index is 6.13. The van der Waals surface area contributed by atoms with Crippen LogP contribution in [0.1, 0.15) is 52.4 Å². The summed E-state index contributed by atoms with van der Waals surface area (Å²) in [6, 6.07) is 0.814. The predicted octanol–water partition coefficient (Wildman–Crippen LogP) is 2.64. The molecular weight excluding hydrogens is 236 g/mol. The van der Waals surface area contributed by atoms with Gasteiger partial charge >= 0.3 is 0 Å². The quantitative estimate of drug-likeness (QED) is 0.805. The first-order valence-electron chi connectivity index (χ1n) is 8.17. The lowest BCUT2D eigenvalue weighted by Crippen LogP contribution is -2.49. The van der Waals surface area contributed by atoms with Gasteiger partial charge in [0.05, 0.1) is 0 Å². The van der Waals surface area contributed by atoms with Crippen molar-refractivity contribution in [2.24, 2.45) is 17.1 Å². The van der Waals surface area contributed by atoms with E-state index in [9.17, 15) is 0 Å². The van der Waals surface area contributed by atoms with Crippen LogP contribution in [0.5, 0.6) is 0 Å². The van der Waals surface area contributed by atoms with Crippen LogP contribution in [0.4, 0.5) is 0 Å². The second-order valence-electron chi connectivity index (χ2n) is 7.08. The van der Waals surface area contributed by atoms with Crippen molar-refractivity contribution < 1.29 is 4.74 Å². The molecule has 0 aromatic heterocycles. The van der Waals surface area contributed by atoms with Gasteiger partial charge in [0.25, 0.3) is 0 Å². The summed E-state index contributed by atoms with van der Waals surface area (Å²) in [7, 11) is 0. The van der Waals surface area contributed by atoms with E-state index in [1.807, 2.05) is 0 Å². The molecule has 1 heterocycles. The third-order valence-electron chi connectivity index (χ3n) is 4.97. The number of hydrogen-bond acceptors (Lipinski definition) is 3. The molecule has 0 spiro atoms. The highest BCUT2D eigenvalue weighted by Gasteiger charge is 2.35. The Kier molecular flexibility index (Phi) is 5.67. The van der Waals surface area contributed by atoms with Crippen LogP contribution in [-0.4, -0.2) is 43.8 Å². The van der Waals surface area contributed by atoms with Crippen LogP contribution in [0.3, 0.4) is 0 Å². The molecule has 0 atom stereocenters. The molecule has 0 unspecified atom stereocenters. The van der Waals surface area contributed by atoms with Gasteiger partial charge in [-0.3, -0.25) is 4.90 Å². The zero-order valence-corrected chi connectivity index (χ0v) is 12.9. The molecule has 0 bridgehead atoms. The number of nitrogens with zero attached hydrogens (tertiary/aromatic N) is 1. The summed E-state index contributed by atoms with van der Waals surface area (Å²) in [5.74, 6) is 0.746. The van der Waals surface area contributed by atoms with E-state index in [1.165, 1.54) is 38.8 Å². The molecule has 2 rings (SSSR count). The molecular formula is C16H32N2O. The molecule has 112 valence electrons. The van der Waals surface area contributed by atoms with Gasteiger partial charge in [-0.05, 0) is 43.6 Å². The zero-order valence-electron chi connectivity index (χ0n) is 12.9. The van der Waals surface area contributed by atoms with Crippen LogP contribution < -0.4 is 5.73 Å². The van der Waals surface area contributed by atoms with Crippen LogP contribution >= 0.6 is 0 Å². The Bertz CT molecular complexity index is 255. The van der Waals surface area contributed by atoms with E-state index in [2.05, 4.69) is 18.7 Å². The average molecular weight is 268 g/mol. The first-order valence-corrected chi connectivity index (χ1v) is 8.17. The van der Waals surface area contributed by atoms with Crippen molar-refractivity contribution in [3.8, 4) is 0 Å². The topological polar surface area (TPSA) is 38.5 Å². The smallest absolute Gasteiger partial charge is 0.0472 e. The van der Waals surface area contributed by atoms with Gasteiger partial charge in [-0.15, -0.1) is 0 Å². The van der Waals surface area contributed by atoms with Gasteiger partial charge in [0.2, 0.25) is 0 Å². The van der Waals surface area contributed by atoms with Crippen molar-refractivity contribution in [2.75, 3.05) is 32.8 Å². The van der Waals surface area contributed by atoms with Gasteiger partial charge in [-0.1, -0.05) is 26.7 Å². The monoisotopic (exact) mass is 268 g/mol. The van der Waals surface area contributed by atoms with Gasteiger partial charge in [-0.25, -0.2) is 0 Å².